The fourth-order valence-corrected chi connectivity index (χ4v) is 3.23. The first-order chi connectivity index (χ1) is 8.25. The molecule has 0 saturated heterocycles. The number of hydrogen-bond donors (Lipinski definition) is 1. The maximum atomic E-state index is 5.76. The third-order valence-corrected chi connectivity index (χ3v) is 4.43. The molecule has 0 radical (unpaired) electrons. The molecule has 0 spiro atoms. The Labute approximate surface area is 105 Å². The van der Waals surface area contributed by atoms with Crippen molar-refractivity contribution < 1.29 is 0 Å². The van der Waals surface area contributed by atoms with Gasteiger partial charge in [0.25, 0.3) is 0 Å². The largest absolute Gasteiger partial charge is 0.369 e. The molecule has 0 unspecified atom stereocenters. The quantitative estimate of drug-likeness (QED) is 0.840. The van der Waals surface area contributed by atoms with E-state index in [4.69, 9.17) is 5.73 Å². The van der Waals surface area contributed by atoms with E-state index in [1.807, 2.05) is 29.6 Å². The molecule has 88 valence electrons. The molecular formula is C13H15N3S. The molecule has 0 fully saturated rings. The summed E-state index contributed by atoms with van der Waals surface area (Å²) in [5, 5.41) is 0. The first-order valence-corrected chi connectivity index (χ1v) is 6.77. The Hall–Kier alpha value is -1.42. The van der Waals surface area contributed by atoms with E-state index in [0.29, 0.717) is 5.95 Å². The van der Waals surface area contributed by atoms with Crippen LogP contribution in [0.25, 0.3) is 11.3 Å². The van der Waals surface area contributed by atoms with Gasteiger partial charge in [-0.3, -0.25) is 0 Å². The van der Waals surface area contributed by atoms with Crippen molar-refractivity contribution in [1.82, 2.24) is 9.55 Å². The van der Waals surface area contributed by atoms with Gasteiger partial charge in [0.1, 0.15) is 0 Å². The van der Waals surface area contributed by atoms with Crippen molar-refractivity contribution in [2.24, 2.45) is 7.05 Å². The minimum Gasteiger partial charge on any atom is -0.369 e. The lowest BCUT2D eigenvalue weighted by Gasteiger charge is -2.16. The Bertz CT molecular complexity index is 560. The second kappa shape index (κ2) is 4.11. The van der Waals surface area contributed by atoms with Gasteiger partial charge in [-0.25, -0.2) is 4.98 Å². The van der Waals surface area contributed by atoms with Gasteiger partial charge >= 0.3 is 0 Å². The fourth-order valence-electron chi connectivity index (χ4n) is 2.21. The number of anilines is 1. The van der Waals surface area contributed by atoms with Crippen LogP contribution in [0.2, 0.25) is 0 Å². The zero-order valence-electron chi connectivity index (χ0n) is 9.81. The van der Waals surface area contributed by atoms with Crippen molar-refractivity contribution in [1.29, 1.82) is 0 Å². The van der Waals surface area contributed by atoms with Crippen LogP contribution in [0.3, 0.4) is 0 Å². The zero-order chi connectivity index (χ0) is 11.8. The summed E-state index contributed by atoms with van der Waals surface area (Å²) in [5.41, 5.74) is 9.51. The van der Waals surface area contributed by atoms with Gasteiger partial charge in [-0.15, -0.1) is 11.8 Å². The van der Waals surface area contributed by atoms with Crippen LogP contribution in [0.1, 0.15) is 12.0 Å². The molecule has 2 N–H and O–H groups in total. The van der Waals surface area contributed by atoms with E-state index in [1.165, 1.54) is 34.6 Å². The number of aromatic nitrogens is 2. The van der Waals surface area contributed by atoms with E-state index in [1.54, 1.807) is 0 Å². The van der Waals surface area contributed by atoms with Crippen LogP contribution < -0.4 is 5.73 Å². The van der Waals surface area contributed by atoms with Gasteiger partial charge in [0.05, 0.1) is 11.9 Å². The van der Waals surface area contributed by atoms with E-state index in [2.05, 4.69) is 23.2 Å². The number of nitrogens with zero attached hydrogens (tertiary/aromatic N) is 2. The first kappa shape index (κ1) is 10.7. The molecule has 4 heteroatoms. The summed E-state index contributed by atoms with van der Waals surface area (Å²) >= 11 is 1.95. The first-order valence-electron chi connectivity index (χ1n) is 5.79. The third kappa shape index (κ3) is 1.82. The van der Waals surface area contributed by atoms with Crippen LogP contribution >= 0.6 is 11.8 Å². The fraction of sp³-hybridized carbons (Fsp3) is 0.308. The van der Waals surface area contributed by atoms with Crippen LogP contribution in [-0.2, 0) is 13.5 Å². The van der Waals surface area contributed by atoms with Crippen LogP contribution in [0.4, 0.5) is 5.95 Å². The highest BCUT2D eigenvalue weighted by molar-refractivity contribution is 7.99. The molecule has 0 saturated carbocycles. The Morgan fingerprint density at radius 1 is 1.41 bits per heavy atom. The predicted octanol–water partition coefficient (Wildman–Crippen LogP) is 2.71. The second-order valence-corrected chi connectivity index (χ2v) is 5.47. The Balaban J connectivity index is 2.07. The van der Waals surface area contributed by atoms with Gasteiger partial charge in [0, 0.05) is 17.5 Å². The molecule has 1 aromatic heterocycles. The van der Waals surface area contributed by atoms with Gasteiger partial charge in [-0.1, -0.05) is 6.07 Å². The van der Waals surface area contributed by atoms with Crippen molar-refractivity contribution in [3.8, 4) is 11.3 Å². The number of hydrogen-bond acceptors (Lipinski definition) is 3. The average molecular weight is 245 g/mol. The molecule has 0 bridgehead atoms. The number of aryl methyl sites for hydroxylation is 1. The van der Waals surface area contributed by atoms with Crippen molar-refractivity contribution >= 4 is 17.7 Å². The molecule has 0 aliphatic carbocycles. The lowest BCUT2D eigenvalue weighted by atomic mass is 10.0. The number of benzene rings is 1. The van der Waals surface area contributed by atoms with Crippen molar-refractivity contribution in [3.63, 3.8) is 0 Å². The molecule has 1 aliphatic heterocycles. The van der Waals surface area contributed by atoms with Crippen LogP contribution in [0.5, 0.6) is 0 Å². The van der Waals surface area contributed by atoms with Gasteiger partial charge in [-0.05, 0) is 36.3 Å². The maximum absolute atomic E-state index is 5.76. The normalized spacial score (nSPS) is 14.6. The number of rotatable bonds is 1. The number of thioether (sulfide) groups is 1. The highest BCUT2D eigenvalue weighted by Gasteiger charge is 2.12. The lowest BCUT2D eigenvalue weighted by molar-refractivity contribution is 0.888. The molecule has 2 heterocycles. The zero-order valence-corrected chi connectivity index (χ0v) is 10.6. The van der Waals surface area contributed by atoms with Gasteiger partial charge in [-0.2, -0.15) is 0 Å². The highest BCUT2D eigenvalue weighted by Crippen LogP contribution is 2.33. The van der Waals surface area contributed by atoms with E-state index >= 15 is 0 Å². The summed E-state index contributed by atoms with van der Waals surface area (Å²) in [7, 11) is 1.95. The molecular weight excluding hydrogens is 230 g/mol. The maximum Gasteiger partial charge on any atom is 0.200 e. The van der Waals surface area contributed by atoms with Crippen molar-refractivity contribution in [2.75, 3.05) is 11.5 Å². The Morgan fingerprint density at radius 3 is 3.06 bits per heavy atom. The number of imidazole rings is 1. The summed E-state index contributed by atoms with van der Waals surface area (Å²) in [4.78, 5) is 5.57. The van der Waals surface area contributed by atoms with E-state index in [9.17, 15) is 0 Å². The smallest absolute Gasteiger partial charge is 0.200 e. The number of nitrogen functional groups attached to an aromatic ring is 1. The average Bonchev–Trinajstić information content (AvgIpc) is 2.70. The number of fused-ring (bicyclic) bond motifs is 1. The minimum atomic E-state index is 0.562. The predicted molar refractivity (Wildman–Crippen MR) is 72.1 cm³/mol. The summed E-state index contributed by atoms with van der Waals surface area (Å²) in [5.74, 6) is 1.80. The lowest BCUT2D eigenvalue weighted by Crippen LogP contribution is -2.01. The molecule has 3 rings (SSSR count). The molecule has 3 nitrogen and oxygen atoms in total. The monoisotopic (exact) mass is 245 g/mol. The van der Waals surface area contributed by atoms with Crippen molar-refractivity contribution in [3.05, 3.63) is 30.0 Å². The third-order valence-electron chi connectivity index (χ3n) is 3.23. The summed E-state index contributed by atoms with van der Waals surface area (Å²) in [6.07, 6.45) is 4.30. The standard InChI is InChI=1S/C13H15N3S/c1-16-11(8-15-13(16)14)9-4-5-12-10(7-9)3-2-6-17-12/h4-5,7-8H,2-3,6H2,1H3,(H2,14,15). The molecule has 0 atom stereocenters. The van der Waals surface area contributed by atoms with E-state index in [0.717, 1.165) is 5.69 Å². The molecule has 17 heavy (non-hydrogen) atoms. The van der Waals surface area contributed by atoms with Crippen LogP contribution in [0, 0.1) is 0 Å². The Morgan fingerprint density at radius 2 is 2.29 bits per heavy atom. The van der Waals surface area contributed by atoms with E-state index in [-0.39, 0.29) is 0 Å². The highest BCUT2D eigenvalue weighted by atomic mass is 32.2. The number of nitrogens with two attached hydrogens (primary N) is 1. The summed E-state index contributed by atoms with van der Waals surface area (Å²) in [6.45, 7) is 0. The second-order valence-electron chi connectivity index (χ2n) is 4.34. The molecule has 2 aromatic rings. The van der Waals surface area contributed by atoms with Gasteiger partial charge in [0.2, 0.25) is 0 Å². The molecule has 1 aromatic carbocycles. The van der Waals surface area contributed by atoms with Crippen molar-refractivity contribution in [2.45, 2.75) is 17.7 Å². The van der Waals surface area contributed by atoms with Gasteiger partial charge in [0.15, 0.2) is 5.95 Å². The summed E-state index contributed by atoms with van der Waals surface area (Å²) < 4.78 is 1.93. The minimum absolute atomic E-state index is 0.562. The topological polar surface area (TPSA) is 43.8 Å². The van der Waals surface area contributed by atoms with E-state index < -0.39 is 0 Å². The van der Waals surface area contributed by atoms with Crippen LogP contribution in [0.15, 0.2) is 29.3 Å². The Kier molecular flexibility index (Phi) is 2.59. The van der Waals surface area contributed by atoms with Crippen LogP contribution in [-0.4, -0.2) is 15.3 Å². The molecule has 1 aliphatic rings. The molecule has 0 amide bonds. The SMILES string of the molecule is Cn1c(-c2ccc3c(c2)CCCS3)cnc1N. The summed E-state index contributed by atoms with van der Waals surface area (Å²) in [6, 6.07) is 6.66. The van der Waals surface area contributed by atoms with Gasteiger partial charge < -0.3 is 10.3 Å².